The van der Waals surface area contributed by atoms with Crippen molar-refractivity contribution in [3.63, 3.8) is 0 Å². The molecular weight excluding hydrogens is 492 g/mol. The molecule has 0 aliphatic heterocycles. The van der Waals surface area contributed by atoms with E-state index in [2.05, 4.69) is 61.6 Å². The number of halogens is 1. The molecule has 0 spiro atoms. The molecule has 8 heteroatoms. The van der Waals surface area contributed by atoms with Gasteiger partial charge in [0, 0.05) is 22.3 Å². The maximum absolute atomic E-state index is 12.8. The number of carbonyl (C=O) groups excluding carboxylic acids is 1. The number of nitrogens with zero attached hydrogens (tertiary/aromatic N) is 5. The van der Waals surface area contributed by atoms with Gasteiger partial charge in [0.15, 0.2) is 5.65 Å². The van der Waals surface area contributed by atoms with Gasteiger partial charge in [-0.15, -0.1) is 0 Å². The van der Waals surface area contributed by atoms with Crippen molar-refractivity contribution in [1.29, 1.82) is 0 Å². The summed E-state index contributed by atoms with van der Waals surface area (Å²) in [5.74, 6) is -0.185. The Morgan fingerprint density at radius 3 is 2.71 bits per heavy atom. The van der Waals surface area contributed by atoms with Crippen molar-refractivity contribution in [3.8, 4) is 11.1 Å². The highest BCUT2D eigenvalue weighted by Crippen LogP contribution is 2.30. The van der Waals surface area contributed by atoms with E-state index >= 15 is 0 Å². The predicted octanol–water partition coefficient (Wildman–Crippen LogP) is 5.36. The Kier molecular flexibility index (Phi) is 5.98. The van der Waals surface area contributed by atoms with Crippen LogP contribution in [0.2, 0.25) is 0 Å². The minimum absolute atomic E-state index is 0.0620. The van der Waals surface area contributed by atoms with Gasteiger partial charge >= 0.3 is 0 Å². The molecule has 0 saturated heterocycles. The Balaban J connectivity index is 1.33. The van der Waals surface area contributed by atoms with Crippen molar-refractivity contribution in [2.45, 2.75) is 26.9 Å². The number of pyridine rings is 1. The number of benzene rings is 2. The number of rotatable bonds is 6. The molecule has 3 aromatic heterocycles. The Bertz CT molecular complexity index is 1490. The summed E-state index contributed by atoms with van der Waals surface area (Å²) >= 11 is 3.44. The Hall–Kier alpha value is -3.78. The fourth-order valence-electron chi connectivity index (χ4n) is 4.07. The summed E-state index contributed by atoms with van der Waals surface area (Å²) in [4.78, 5) is 17.3. The summed E-state index contributed by atoms with van der Waals surface area (Å²) in [5.41, 5.74) is 6.66. The third kappa shape index (κ3) is 4.63. The number of hydrogen-bond acceptors (Lipinski definition) is 4. The first kappa shape index (κ1) is 22.0. The minimum Gasteiger partial charge on any atom is -0.322 e. The molecule has 0 unspecified atom stereocenters. The number of aromatic nitrogens is 5. The SMILES string of the molecule is Cc1cccc(-c2ccnc3c2c(C)nn3CC(=O)Nc2cnn(Cc3ccc(Br)cc3)c2)c1. The molecule has 34 heavy (non-hydrogen) atoms. The molecule has 0 bridgehead atoms. The summed E-state index contributed by atoms with van der Waals surface area (Å²) in [6.45, 7) is 4.71. The van der Waals surface area contributed by atoms with Crippen LogP contribution in [0.4, 0.5) is 5.69 Å². The van der Waals surface area contributed by atoms with E-state index in [1.54, 1.807) is 21.8 Å². The molecule has 3 heterocycles. The first-order valence-electron chi connectivity index (χ1n) is 10.9. The molecule has 1 amide bonds. The normalized spacial score (nSPS) is 11.1. The first-order chi connectivity index (χ1) is 16.5. The maximum Gasteiger partial charge on any atom is 0.246 e. The Morgan fingerprint density at radius 2 is 1.91 bits per heavy atom. The van der Waals surface area contributed by atoms with Crippen molar-refractivity contribution in [2.24, 2.45) is 0 Å². The van der Waals surface area contributed by atoms with E-state index in [9.17, 15) is 4.79 Å². The molecule has 0 fully saturated rings. The van der Waals surface area contributed by atoms with Crippen molar-refractivity contribution in [3.05, 3.63) is 94.5 Å². The molecule has 2 aromatic carbocycles. The molecular formula is C26H23BrN6O. The van der Waals surface area contributed by atoms with Crippen LogP contribution in [-0.2, 0) is 17.9 Å². The van der Waals surface area contributed by atoms with Gasteiger partial charge in [-0.1, -0.05) is 57.9 Å². The van der Waals surface area contributed by atoms with Gasteiger partial charge in [0.1, 0.15) is 6.54 Å². The van der Waals surface area contributed by atoms with Gasteiger partial charge in [0.25, 0.3) is 0 Å². The largest absolute Gasteiger partial charge is 0.322 e. The van der Waals surface area contributed by atoms with Crippen LogP contribution in [-0.4, -0.2) is 30.5 Å². The molecule has 0 radical (unpaired) electrons. The van der Waals surface area contributed by atoms with Crippen molar-refractivity contribution in [1.82, 2.24) is 24.5 Å². The average molecular weight is 515 g/mol. The van der Waals surface area contributed by atoms with Gasteiger partial charge in [-0.05, 0) is 48.7 Å². The highest BCUT2D eigenvalue weighted by atomic mass is 79.9. The highest BCUT2D eigenvalue weighted by Gasteiger charge is 2.16. The maximum atomic E-state index is 12.8. The van der Waals surface area contributed by atoms with E-state index in [-0.39, 0.29) is 12.5 Å². The second-order valence-electron chi connectivity index (χ2n) is 8.27. The lowest BCUT2D eigenvalue weighted by molar-refractivity contribution is -0.116. The smallest absolute Gasteiger partial charge is 0.246 e. The van der Waals surface area contributed by atoms with Crippen LogP contribution in [0.3, 0.4) is 0 Å². The fraction of sp³-hybridized carbons (Fsp3) is 0.154. The van der Waals surface area contributed by atoms with Gasteiger partial charge in [-0.3, -0.25) is 9.48 Å². The second-order valence-corrected chi connectivity index (χ2v) is 9.19. The standard InChI is InChI=1S/C26H23BrN6O/c1-17-4-3-5-20(12-17)23-10-11-28-26-25(23)18(2)31-33(26)16-24(34)30-22-13-29-32(15-22)14-19-6-8-21(27)9-7-19/h3-13,15H,14,16H2,1-2H3,(H,30,34). The molecule has 0 atom stereocenters. The van der Waals surface area contributed by atoms with Crippen LogP contribution < -0.4 is 5.32 Å². The van der Waals surface area contributed by atoms with Gasteiger partial charge in [-0.2, -0.15) is 10.2 Å². The van der Waals surface area contributed by atoms with Gasteiger partial charge < -0.3 is 5.32 Å². The summed E-state index contributed by atoms with van der Waals surface area (Å²) in [6, 6.07) is 18.4. The quantitative estimate of drug-likeness (QED) is 0.330. The second kappa shape index (κ2) is 9.23. The third-order valence-corrected chi connectivity index (χ3v) is 6.13. The lowest BCUT2D eigenvalue weighted by Crippen LogP contribution is -2.19. The topological polar surface area (TPSA) is 77.6 Å². The van der Waals surface area contributed by atoms with E-state index in [0.29, 0.717) is 17.9 Å². The Morgan fingerprint density at radius 1 is 1.09 bits per heavy atom. The van der Waals surface area contributed by atoms with Crippen LogP contribution in [0, 0.1) is 13.8 Å². The van der Waals surface area contributed by atoms with E-state index in [0.717, 1.165) is 32.2 Å². The zero-order chi connectivity index (χ0) is 23.7. The van der Waals surface area contributed by atoms with Crippen LogP contribution in [0.25, 0.3) is 22.2 Å². The molecule has 170 valence electrons. The zero-order valence-corrected chi connectivity index (χ0v) is 20.5. The summed E-state index contributed by atoms with van der Waals surface area (Å²) in [7, 11) is 0. The molecule has 1 N–H and O–H groups in total. The van der Waals surface area contributed by atoms with Crippen LogP contribution in [0.15, 0.2) is 77.7 Å². The number of carbonyl (C=O) groups is 1. The number of amides is 1. The summed E-state index contributed by atoms with van der Waals surface area (Å²) < 4.78 is 4.49. The van der Waals surface area contributed by atoms with E-state index in [1.807, 2.05) is 49.5 Å². The van der Waals surface area contributed by atoms with Crippen molar-refractivity contribution in [2.75, 3.05) is 5.32 Å². The van der Waals surface area contributed by atoms with E-state index in [4.69, 9.17) is 0 Å². The fourth-order valence-corrected chi connectivity index (χ4v) is 4.34. The predicted molar refractivity (Wildman–Crippen MR) is 137 cm³/mol. The summed E-state index contributed by atoms with van der Waals surface area (Å²) in [5, 5.41) is 12.8. The molecule has 0 aliphatic rings. The van der Waals surface area contributed by atoms with Crippen LogP contribution in [0.1, 0.15) is 16.8 Å². The number of fused-ring (bicyclic) bond motifs is 1. The zero-order valence-electron chi connectivity index (χ0n) is 18.9. The lowest BCUT2D eigenvalue weighted by atomic mass is 10.0. The molecule has 0 aliphatic carbocycles. The number of aryl methyl sites for hydroxylation is 2. The molecule has 5 aromatic rings. The van der Waals surface area contributed by atoms with E-state index < -0.39 is 0 Å². The van der Waals surface area contributed by atoms with Gasteiger partial charge in [0.05, 0.1) is 24.1 Å². The molecule has 0 saturated carbocycles. The lowest BCUT2D eigenvalue weighted by Gasteiger charge is -2.06. The molecule has 7 nitrogen and oxygen atoms in total. The monoisotopic (exact) mass is 514 g/mol. The van der Waals surface area contributed by atoms with E-state index in [1.165, 1.54) is 5.56 Å². The van der Waals surface area contributed by atoms with Crippen LogP contribution >= 0.6 is 15.9 Å². The number of anilines is 1. The van der Waals surface area contributed by atoms with Gasteiger partial charge in [0.2, 0.25) is 5.91 Å². The summed E-state index contributed by atoms with van der Waals surface area (Å²) in [6.07, 6.45) is 5.24. The average Bonchev–Trinajstić information content (AvgIpc) is 3.39. The van der Waals surface area contributed by atoms with Crippen molar-refractivity contribution < 1.29 is 4.79 Å². The first-order valence-corrected chi connectivity index (χ1v) is 11.7. The van der Waals surface area contributed by atoms with Crippen LogP contribution in [0.5, 0.6) is 0 Å². The van der Waals surface area contributed by atoms with Gasteiger partial charge in [-0.25, -0.2) is 9.67 Å². The highest BCUT2D eigenvalue weighted by molar-refractivity contribution is 9.10. The minimum atomic E-state index is -0.185. The molecule has 5 rings (SSSR count). The third-order valence-electron chi connectivity index (χ3n) is 5.61. The Labute approximate surface area is 205 Å². The number of hydrogen-bond donors (Lipinski definition) is 1. The van der Waals surface area contributed by atoms with Crippen molar-refractivity contribution >= 4 is 38.6 Å². The number of nitrogens with one attached hydrogen (secondary N) is 1.